The van der Waals surface area contributed by atoms with E-state index in [1.54, 1.807) is 20.3 Å². The molecule has 3 rings (SSSR count). The Labute approximate surface area is 210 Å². The number of rotatable bonds is 11. The molecule has 35 heavy (non-hydrogen) atoms. The third-order valence-electron chi connectivity index (χ3n) is 5.11. The number of hydrogen-bond acceptors (Lipinski definition) is 6. The maximum atomic E-state index is 12.3. The minimum Gasteiger partial charge on any atom is -0.506 e. The summed E-state index contributed by atoms with van der Waals surface area (Å²) >= 11 is 5.86. The van der Waals surface area contributed by atoms with Gasteiger partial charge in [0.1, 0.15) is 5.75 Å². The Morgan fingerprint density at radius 1 is 1.09 bits per heavy atom. The van der Waals surface area contributed by atoms with Crippen molar-refractivity contribution in [2.75, 3.05) is 27.3 Å². The van der Waals surface area contributed by atoms with Crippen molar-refractivity contribution in [1.29, 1.82) is 0 Å². The summed E-state index contributed by atoms with van der Waals surface area (Å²) in [6.45, 7) is 1.56. The summed E-state index contributed by atoms with van der Waals surface area (Å²) in [7, 11) is 3.15. The number of aromatic hydroxyl groups is 1. The first-order chi connectivity index (χ1) is 17.0. The molecule has 0 saturated carbocycles. The van der Waals surface area contributed by atoms with Crippen LogP contribution in [-0.2, 0) is 6.42 Å². The zero-order chi connectivity index (χ0) is 25.0. The third kappa shape index (κ3) is 7.60. The summed E-state index contributed by atoms with van der Waals surface area (Å²) in [5, 5.41) is 17.0. The summed E-state index contributed by atoms with van der Waals surface area (Å²) in [6, 6.07) is 18.2. The number of hydrogen-bond donors (Lipinski definition) is 3. The second-order valence-electron chi connectivity index (χ2n) is 7.55. The first-order valence-corrected chi connectivity index (χ1v) is 11.4. The molecule has 3 aromatic carbocycles. The third-order valence-corrected chi connectivity index (χ3v) is 5.42. The topological polar surface area (TPSA) is 92.2 Å². The fraction of sp³-hybridized carbons (Fsp3) is 0.185. The van der Waals surface area contributed by atoms with Gasteiger partial charge < -0.3 is 19.9 Å². The quantitative estimate of drug-likeness (QED) is 0.205. The highest BCUT2D eigenvalue weighted by molar-refractivity contribution is 6.32. The van der Waals surface area contributed by atoms with Crippen LogP contribution in [-0.4, -0.2) is 44.5 Å². The van der Waals surface area contributed by atoms with Crippen molar-refractivity contribution in [1.82, 2.24) is 10.7 Å². The first kappa shape index (κ1) is 25.8. The van der Waals surface area contributed by atoms with Gasteiger partial charge in [-0.25, -0.2) is 5.43 Å². The standard InChI is InChI=1S/C27H28ClN3O4/c1-34-25-16-20(18-30-31-27(33)22-10-11-24(32)23(28)17-22)15-21(26(25)35-2)9-6-13-29-14-12-19-7-4-3-5-8-19/h3-11,15-18,29,32H,12-14H2,1-2H3,(H,31,33). The van der Waals surface area contributed by atoms with E-state index in [4.69, 9.17) is 21.1 Å². The first-order valence-electron chi connectivity index (χ1n) is 11.0. The summed E-state index contributed by atoms with van der Waals surface area (Å²) in [5.74, 6) is 0.604. The SMILES string of the molecule is COc1cc(C=NNC(=O)c2ccc(O)c(Cl)c2)cc(C=CCNCCc2ccccc2)c1OC. The normalized spacial score (nSPS) is 11.2. The van der Waals surface area contributed by atoms with Gasteiger partial charge in [0.15, 0.2) is 11.5 Å². The second-order valence-corrected chi connectivity index (χ2v) is 7.96. The molecule has 0 radical (unpaired) electrons. The summed E-state index contributed by atoms with van der Waals surface area (Å²) in [4.78, 5) is 12.3. The maximum Gasteiger partial charge on any atom is 0.271 e. The number of amides is 1. The molecule has 0 saturated heterocycles. The van der Waals surface area contributed by atoms with Crippen molar-refractivity contribution in [2.45, 2.75) is 6.42 Å². The van der Waals surface area contributed by atoms with E-state index in [0.717, 1.165) is 18.5 Å². The van der Waals surface area contributed by atoms with Gasteiger partial charge in [-0.2, -0.15) is 5.10 Å². The van der Waals surface area contributed by atoms with Gasteiger partial charge >= 0.3 is 0 Å². The Bertz CT molecular complexity index is 1200. The Balaban J connectivity index is 1.63. The van der Waals surface area contributed by atoms with E-state index in [9.17, 15) is 9.90 Å². The van der Waals surface area contributed by atoms with Crippen molar-refractivity contribution in [3.05, 3.63) is 94.0 Å². The Morgan fingerprint density at radius 2 is 1.89 bits per heavy atom. The molecule has 3 aromatic rings. The number of hydrazone groups is 1. The number of ether oxygens (including phenoxy) is 2. The Hall–Kier alpha value is -3.81. The fourth-order valence-corrected chi connectivity index (χ4v) is 3.52. The van der Waals surface area contributed by atoms with Crippen LogP contribution in [0.2, 0.25) is 5.02 Å². The van der Waals surface area contributed by atoms with Crippen LogP contribution in [0.4, 0.5) is 0 Å². The van der Waals surface area contributed by atoms with E-state index in [-0.39, 0.29) is 16.3 Å². The number of halogens is 1. The van der Waals surface area contributed by atoms with E-state index < -0.39 is 5.91 Å². The van der Waals surface area contributed by atoms with Gasteiger partial charge in [0, 0.05) is 17.7 Å². The van der Waals surface area contributed by atoms with Crippen LogP contribution in [0.15, 0.2) is 71.8 Å². The molecule has 0 aliphatic heterocycles. The molecule has 0 atom stereocenters. The predicted molar refractivity (Wildman–Crippen MR) is 140 cm³/mol. The molecular formula is C27H28ClN3O4. The molecule has 0 aliphatic carbocycles. The van der Waals surface area contributed by atoms with Crippen LogP contribution in [0, 0.1) is 0 Å². The van der Waals surface area contributed by atoms with Crippen molar-refractivity contribution >= 4 is 29.8 Å². The molecule has 182 valence electrons. The van der Waals surface area contributed by atoms with Gasteiger partial charge in [-0.15, -0.1) is 0 Å². The maximum absolute atomic E-state index is 12.3. The summed E-state index contributed by atoms with van der Waals surface area (Å²) < 4.78 is 11.0. The smallest absolute Gasteiger partial charge is 0.271 e. The van der Waals surface area contributed by atoms with E-state index in [2.05, 4.69) is 28.0 Å². The van der Waals surface area contributed by atoms with Crippen LogP contribution >= 0.6 is 11.6 Å². The monoisotopic (exact) mass is 493 g/mol. The molecule has 3 N–H and O–H groups in total. The van der Waals surface area contributed by atoms with Crippen LogP contribution in [0.1, 0.15) is 27.0 Å². The Morgan fingerprint density at radius 3 is 2.60 bits per heavy atom. The molecule has 7 nitrogen and oxygen atoms in total. The number of phenolic OH excluding ortho intramolecular Hbond substituents is 1. The number of nitrogens with zero attached hydrogens (tertiary/aromatic N) is 1. The number of benzene rings is 3. The summed E-state index contributed by atoms with van der Waals surface area (Å²) in [6.07, 6.45) is 6.43. The predicted octanol–water partition coefficient (Wildman–Crippen LogP) is 4.67. The lowest BCUT2D eigenvalue weighted by Crippen LogP contribution is -2.17. The van der Waals surface area contributed by atoms with Gasteiger partial charge in [0.05, 0.1) is 25.5 Å². The number of carbonyl (C=O) groups is 1. The largest absolute Gasteiger partial charge is 0.506 e. The fourth-order valence-electron chi connectivity index (χ4n) is 3.34. The van der Waals surface area contributed by atoms with Crippen LogP contribution in [0.5, 0.6) is 17.2 Å². The summed E-state index contributed by atoms with van der Waals surface area (Å²) in [5.41, 5.74) is 5.55. The van der Waals surface area contributed by atoms with Gasteiger partial charge in [-0.1, -0.05) is 54.1 Å². The highest BCUT2D eigenvalue weighted by atomic mass is 35.5. The molecule has 8 heteroatoms. The zero-order valence-electron chi connectivity index (χ0n) is 19.6. The van der Waals surface area contributed by atoms with Crippen molar-refractivity contribution < 1.29 is 19.4 Å². The molecule has 0 unspecified atom stereocenters. The van der Waals surface area contributed by atoms with E-state index in [1.165, 1.54) is 30.0 Å². The molecule has 0 heterocycles. The molecular weight excluding hydrogens is 466 g/mol. The lowest BCUT2D eigenvalue weighted by atomic mass is 10.1. The van der Waals surface area contributed by atoms with Gasteiger partial charge in [0.25, 0.3) is 5.91 Å². The lowest BCUT2D eigenvalue weighted by Gasteiger charge is -2.12. The molecule has 0 spiro atoms. The van der Waals surface area contributed by atoms with Crippen molar-refractivity contribution in [3.8, 4) is 17.2 Å². The van der Waals surface area contributed by atoms with Crippen LogP contribution in [0.3, 0.4) is 0 Å². The average Bonchev–Trinajstić information content (AvgIpc) is 2.87. The number of phenols is 1. The molecule has 0 aromatic heterocycles. The van der Waals surface area contributed by atoms with Crippen molar-refractivity contribution in [2.24, 2.45) is 5.10 Å². The van der Waals surface area contributed by atoms with E-state index in [1.807, 2.05) is 36.4 Å². The van der Waals surface area contributed by atoms with Crippen molar-refractivity contribution in [3.63, 3.8) is 0 Å². The van der Waals surface area contributed by atoms with Gasteiger partial charge in [-0.05, 0) is 54.4 Å². The number of methoxy groups -OCH3 is 2. The minimum atomic E-state index is -0.453. The van der Waals surface area contributed by atoms with E-state index in [0.29, 0.717) is 23.6 Å². The van der Waals surface area contributed by atoms with Gasteiger partial charge in [-0.3, -0.25) is 4.79 Å². The zero-order valence-corrected chi connectivity index (χ0v) is 20.4. The lowest BCUT2D eigenvalue weighted by molar-refractivity contribution is 0.0955. The molecule has 0 bridgehead atoms. The highest BCUT2D eigenvalue weighted by Crippen LogP contribution is 2.33. The van der Waals surface area contributed by atoms with E-state index >= 15 is 0 Å². The Kier molecular flexibility index (Phi) is 9.71. The average molecular weight is 494 g/mol. The number of nitrogens with one attached hydrogen (secondary N) is 2. The molecule has 0 fully saturated rings. The molecule has 1 amide bonds. The van der Waals surface area contributed by atoms with Crippen LogP contribution < -0.4 is 20.2 Å². The second kappa shape index (κ2) is 13.2. The minimum absolute atomic E-state index is 0.0903. The molecule has 0 aliphatic rings. The number of carbonyl (C=O) groups excluding carboxylic acids is 1. The van der Waals surface area contributed by atoms with Gasteiger partial charge in [0.2, 0.25) is 0 Å². The highest BCUT2D eigenvalue weighted by Gasteiger charge is 2.11. The van der Waals surface area contributed by atoms with Crippen LogP contribution in [0.25, 0.3) is 6.08 Å².